The number of anilines is 1. The van der Waals surface area contributed by atoms with Crippen molar-refractivity contribution in [3.8, 4) is 0 Å². The van der Waals surface area contributed by atoms with Gasteiger partial charge in [0.2, 0.25) is 16.0 Å². The van der Waals surface area contributed by atoms with Crippen LogP contribution in [0.2, 0.25) is 0 Å². The van der Waals surface area contributed by atoms with Gasteiger partial charge < -0.3 is 0 Å². The Bertz CT molecular complexity index is 794. The Balaban J connectivity index is 2.23. The zero-order chi connectivity index (χ0) is 16.3. The maximum Gasteiger partial charge on any atom is 0.252 e. The first kappa shape index (κ1) is 16.8. The molecule has 0 saturated heterocycles. The molecule has 0 amide bonds. The largest absolute Gasteiger partial charge is 0.296 e. The van der Waals surface area contributed by atoms with E-state index in [2.05, 4.69) is 30.1 Å². The molecule has 0 aromatic carbocycles. The molecule has 0 aliphatic carbocycles. The number of thioether (sulfide) groups is 1. The molecule has 0 aliphatic rings. The molecule has 2 heterocycles. The second-order valence-electron chi connectivity index (χ2n) is 4.26. The molecule has 0 fully saturated rings. The minimum Gasteiger partial charge on any atom is -0.296 e. The average Bonchev–Trinajstić information content (AvgIpc) is 2.93. The summed E-state index contributed by atoms with van der Waals surface area (Å²) < 4.78 is 27.2. The van der Waals surface area contributed by atoms with Gasteiger partial charge in [-0.1, -0.05) is 30.0 Å². The maximum absolute atomic E-state index is 11.3. The van der Waals surface area contributed by atoms with Crippen molar-refractivity contribution in [2.24, 2.45) is 17.3 Å². The second-order valence-corrected chi connectivity index (χ2v) is 8.48. The number of hydrogen-bond acceptors (Lipinski definition) is 9. The topological polar surface area (TPSA) is 114 Å². The Morgan fingerprint density at radius 1 is 1.36 bits per heavy atom. The predicted octanol–water partition coefficient (Wildman–Crippen LogP) is 2.48. The normalized spacial score (nSPS) is 12.2. The Labute approximate surface area is 136 Å². The first-order valence-electron chi connectivity index (χ1n) is 6.19. The van der Waals surface area contributed by atoms with Gasteiger partial charge in [-0.2, -0.15) is 0 Å². The van der Waals surface area contributed by atoms with Crippen LogP contribution >= 0.6 is 23.1 Å². The van der Waals surface area contributed by atoms with E-state index in [0.29, 0.717) is 16.6 Å². The number of sulfonamides is 1. The Morgan fingerprint density at radius 3 is 2.73 bits per heavy atom. The van der Waals surface area contributed by atoms with Gasteiger partial charge in [-0.25, -0.2) is 13.4 Å². The molecule has 22 heavy (non-hydrogen) atoms. The highest BCUT2D eigenvalue weighted by Crippen LogP contribution is 2.29. The Morgan fingerprint density at radius 2 is 2.09 bits per heavy atom. The third-order valence-corrected chi connectivity index (χ3v) is 4.78. The van der Waals surface area contributed by atoms with Crippen LogP contribution in [0.15, 0.2) is 14.6 Å². The van der Waals surface area contributed by atoms with Gasteiger partial charge in [0.15, 0.2) is 10.2 Å². The van der Waals surface area contributed by atoms with Crippen LogP contribution in [-0.2, 0) is 17.1 Å². The first-order chi connectivity index (χ1) is 10.3. The lowest BCUT2D eigenvalue weighted by Gasteiger charge is -2.03. The summed E-state index contributed by atoms with van der Waals surface area (Å²) in [6.07, 6.45) is 1.06. The molecule has 12 heteroatoms. The lowest BCUT2D eigenvalue weighted by atomic mass is 10.5. The summed E-state index contributed by atoms with van der Waals surface area (Å²) in [6.45, 7) is 3.75. The van der Waals surface area contributed by atoms with Crippen molar-refractivity contribution in [3.63, 3.8) is 0 Å². The smallest absolute Gasteiger partial charge is 0.252 e. The van der Waals surface area contributed by atoms with Crippen molar-refractivity contribution in [1.82, 2.24) is 19.7 Å². The average molecular weight is 361 g/mol. The minimum atomic E-state index is -3.40. The summed E-state index contributed by atoms with van der Waals surface area (Å²) in [5.74, 6) is 1.55. The summed E-state index contributed by atoms with van der Waals surface area (Å²) in [6, 6.07) is 0. The molecule has 0 atom stereocenters. The highest BCUT2D eigenvalue weighted by atomic mass is 32.2. The zero-order valence-corrected chi connectivity index (χ0v) is 14.9. The van der Waals surface area contributed by atoms with Gasteiger partial charge in [0, 0.05) is 7.05 Å². The van der Waals surface area contributed by atoms with Gasteiger partial charge in [0.1, 0.15) is 0 Å². The van der Waals surface area contributed by atoms with E-state index in [1.54, 1.807) is 25.7 Å². The van der Waals surface area contributed by atoms with Crippen molar-refractivity contribution in [2.45, 2.75) is 18.2 Å². The van der Waals surface area contributed by atoms with Gasteiger partial charge in [-0.15, -0.1) is 20.4 Å². The summed E-state index contributed by atoms with van der Waals surface area (Å²) in [5, 5.41) is 16.5. The number of imidazole rings is 1. The van der Waals surface area contributed by atoms with Crippen molar-refractivity contribution in [1.29, 1.82) is 0 Å². The second kappa shape index (κ2) is 6.71. The minimum absolute atomic E-state index is 0.188. The van der Waals surface area contributed by atoms with Gasteiger partial charge in [-0.05, 0) is 12.7 Å². The molecule has 1 N–H and O–H groups in total. The molecule has 9 nitrogen and oxygen atoms in total. The zero-order valence-electron chi connectivity index (χ0n) is 12.4. The van der Waals surface area contributed by atoms with Crippen LogP contribution in [0.1, 0.15) is 12.6 Å². The highest BCUT2D eigenvalue weighted by Gasteiger charge is 2.14. The summed E-state index contributed by atoms with van der Waals surface area (Å²) in [5.41, 5.74) is 0.560. The Kier molecular flexibility index (Phi) is 5.13. The lowest BCUT2D eigenvalue weighted by Crippen LogP contribution is -2.13. The van der Waals surface area contributed by atoms with Crippen LogP contribution in [-0.4, -0.2) is 40.2 Å². The maximum atomic E-state index is 11.3. The number of nitrogens with zero attached hydrogens (tertiary/aromatic N) is 6. The van der Waals surface area contributed by atoms with E-state index in [0.717, 1.165) is 16.3 Å². The molecular formula is C10H15N7O2S3. The van der Waals surface area contributed by atoms with Crippen molar-refractivity contribution >= 4 is 50.0 Å². The van der Waals surface area contributed by atoms with E-state index in [-0.39, 0.29) is 5.95 Å². The summed E-state index contributed by atoms with van der Waals surface area (Å²) in [4.78, 5) is 4.12. The van der Waals surface area contributed by atoms with Gasteiger partial charge in [0.25, 0.3) is 5.13 Å². The van der Waals surface area contributed by atoms with E-state index in [1.165, 1.54) is 15.9 Å². The summed E-state index contributed by atoms with van der Waals surface area (Å²) in [7, 11) is -1.75. The molecule has 0 unspecified atom stereocenters. The van der Waals surface area contributed by atoms with Gasteiger partial charge in [-0.3, -0.25) is 9.29 Å². The number of azo groups is 1. The number of nitrogens with one attached hydrogen (secondary N) is 1. The van der Waals surface area contributed by atoms with E-state index < -0.39 is 10.0 Å². The van der Waals surface area contributed by atoms with Crippen LogP contribution in [0.25, 0.3) is 0 Å². The highest BCUT2D eigenvalue weighted by molar-refractivity contribution is 8.01. The van der Waals surface area contributed by atoms with Crippen LogP contribution in [0, 0.1) is 6.92 Å². The first-order valence-corrected chi connectivity index (χ1v) is 9.88. The molecule has 2 aromatic heterocycles. The Hall–Kier alpha value is -1.53. The van der Waals surface area contributed by atoms with Crippen molar-refractivity contribution < 1.29 is 8.42 Å². The fraction of sp³-hybridized carbons (Fsp3) is 0.500. The lowest BCUT2D eigenvalue weighted by molar-refractivity contribution is 0.606. The van der Waals surface area contributed by atoms with Crippen molar-refractivity contribution in [3.05, 3.63) is 5.69 Å². The molecule has 120 valence electrons. The van der Waals surface area contributed by atoms with Crippen molar-refractivity contribution in [2.75, 3.05) is 16.7 Å². The number of hydrogen-bond donors (Lipinski definition) is 1. The van der Waals surface area contributed by atoms with Crippen LogP contribution in [0.3, 0.4) is 0 Å². The predicted molar refractivity (Wildman–Crippen MR) is 86.9 cm³/mol. The summed E-state index contributed by atoms with van der Waals surface area (Å²) >= 11 is 2.93. The molecule has 0 saturated carbocycles. The van der Waals surface area contributed by atoms with Crippen LogP contribution in [0.4, 0.5) is 16.9 Å². The van der Waals surface area contributed by atoms with E-state index in [4.69, 9.17) is 0 Å². The van der Waals surface area contributed by atoms with E-state index in [1.807, 2.05) is 6.92 Å². The molecule has 0 bridgehead atoms. The quantitative estimate of drug-likeness (QED) is 0.624. The van der Waals surface area contributed by atoms with Gasteiger partial charge in [0.05, 0.1) is 11.9 Å². The van der Waals surface area contributed by atoms with Gasteiger partial charge >= 0.3 is 0 Å². The third kappa shape index (κ3) is 4.24. The number of aromatic nitrogens is 4. The molecule has 2 aromatic rings. The van der Waals surface area contributed by atoms with Crippen LogP contribution in [0.5, 0.6) is 0 Å². The number of aryl methyl sites for hydroxylation is 1. The number of rotatable bonds is 6. The molecule has 0 spiro atoms. The molecule has 2 rings (SSSR count). The SMILES string of the molecule is CCSc1nnc(/N=N/c2c(C)nc(NS(C)(=O)=O)n2C)s1. The third-order valence-electron chi connectivity index (χ3n) is 2.40. The molecule has 0 aliphatic heterocycles. The fourth-order valence-electron chi connectivity index (χ4n) is 1.54. The monoisotopic (exact) mass is 361 g/mol. The van der Waals surface area contributed by atoms with Crippen LogP contribution < -0.4 is 4.72 Å². The van der Waals surface area contributed by atoms with E-state index >= 15 is 0 Å². The molecule has 0 radical (unpaired) electrons. The van der Waals surface area contributed by atoms with E-state index in [9.17, 15) is 8.42 Å². The fourth-order valence-corrected chi connectivity index (χ4v) is 3.61. The molecular weight excluding hydrogens is 346 g/mol. The standard InChI is InChI=1S/C10H15N7O2S3/c1-5-20-10-15-14-9(21-10)13-12-7-6(2)11-8(17(7)3)16-22(4,18)19/h5H2,1-4H3,(H,11,16)/b13-12+.